The van der Waals surface area contributed by atoms with Crippen LogP contribution in [0.4, 0.5) is 27.6 Å². The summed E-state index contributed by atoms with van der Waals surface area (Å²) in [5.74, 6) is -2.81. The molecule has 0 radical (unpaired) electrons. The zero-order valence-corrected chi connectivity index (χ0v) is 19.9. The van der Waals surface area contributed by atoms with Gasteiger partial charge in [0.1, 0.15) is 11.6 Å². The van der Waals surface area contributed by atoms with E-state index in [1.807, 2.05) is 0 Å². The summed E-state index contributed by atoms with van der Waals surface area (Å²) in [4.78, 5) is 12.4. The van der Waals surface area contributed by atoms with Crippen molar-refractivity contribution in [2.45, 2.75) is 30.5 Å². The summed E-state index contributed by atoms with van der Waals surface area (Å²) < 4.78 is 92.8. The molecule has 1 N–H and O–H groups in total. The molecule has 1 aliphatic rings. The molecule has 0 fully saturated rings. The highest BCUT2D eigenvalue weighted by Gasteiger charge is 2.34. The molecule has 190 valence electrons. The molecule has 3 aromatic rings. The van der Waals surface area contributed by atoms with Crippen molar-refractivity contribution in [2.24, 2.45) is 0 Å². The van der Waals surface area contributed by atoms with E-state index in [-0.39, 0.29) is 40.7 Å². The van der Waals surface area contributed by atoms with Crippen LogP contribution in [-0.2, 0) is 40.4 Å². The highest BCUT2D eigenvalue weighted by Crippen LogP contribution is 2.35. The summed E-state index contributed by atoms with van der Waals surface area (Å²) in [7, 11) is -3.97. The third-order valence-corrected chi connectivity index (χ3v) is 7.87. The molecule has 1 heterocycles. The summed E-state index contributed by atoms with van der Waals surface area (Å²) in [6.45, 7) is -0.00247. The van der Waals surface area contributed by atoms with Crippen LogP contribution in [0.15, 0.2) is 59.5 Å². The summed E-state index contributed by atoms with van der Waals surface area (Å²) in [5, 5.41) is 2.79. The Labute approximate surface area is 208 Å². The molecule has 4 rings (SSSR count). The van der Waals surface area contributed by atoms with Gasteiger partial charge < -0.3 is 5.32 Å². The second-order valence-corrected chi connectivity index (χ2v) is 10.5. The smallest absolute Gasteiger partial charge is 0.324 e. The largest absolute Gasteiger partial charge is 0.419 e. The highest BCUT2D eigenvalue weighted by molar-refractivity contribution is 7.89. The first kappa shape index (κ1) is 26.1. The molecule has 0 saturated heterocycles. The molecule has 0 atom stereocenters. The van der Waals surface area contributed by atoms with Gasteiger partial charge in [0.15, 0.2) is 0 Å². The topological polar surface area (TPSA) is 66.5 Å². The minimum Gasteiger partial charge on any atom is -0.324 e. The molecule has 12 heteroatoms. The Kier molecular flexibility index (Phi) is 7.09. The third kappa shape index (κ3) is 5.37. The summed E-state index contributed by atoms with van der Waals surface area (Å²) in [5.41, 5.74) is 0.0202. The summed E-state index contributed by atoms with van der Waals surface area (Å²) in [6.07, 6.45) is -5.07. The standard InChI is InChI=1S/C24H18ClF5N2O3S/c25-20-7-5-15-13-32(36(34,35)17-3-1-2-16(26)12-17)9-8-18(15)23(20)31-22(33)11-14-4-6-19(21(27)10-14)24(28,29)30/h1-7,10,12H,8-9,11,13H2,(H,31,33). The monoisotopic (exact) mass is 544 g/mol. The third-order valence-electron chi connectivity index (χ3n) is 5.72. The van der Waals surface area contributed by atoms with Crippen LogP contribution in [0.1, 0.15) is 22.3 Å². The number of halogens is 6. The van der Waals surface area contributed by atoms with Crippen molar-refractivity contribution in [3.8, 4) is 0 Å². The number of rotatable bonds is 5. The molecule has 0 spiro atoms. The van der Waals surface area contributed by atoms with E-state index in [2.05, 4.69) is 5.32 Å². The molecule has 0 aliphatic carbocycles. The summed E-state index contributed by atoms with van der Waals surface area (Å²) >= 11 is 6.27. The molecule has 1 aliphatic heterocycles. The molecule has 5 nitrogen and oxygen atoms in total. The number of carbonyl (C=O) groups excluding carboxylic acids is 1. The SMILES string of the molecule is O=C(Cc1ccc(C(F)(F)F)c(F)c1)Nc1c(Cl)ccc2c1CCN(S(=O)(=O)c1cccc(F)c1)C2. The first-order valence-corrected chi connectivity index (χ1v) is 12.4. The maximum Gasteiger partial charge on any atom is 0.419 e. The number of amides is 1. The fourth-order valence-corrected chi connectivity index (χ4v) is 5.66. The maximum atomic E-state index is 13.8. The van der Waals surface area contributed by atoms with Crippen LogP contribution in [-0.4, -0.2) is 25.2 Å². The van der Waals surface area contributed by atoms with E-state index in [4.69, 9.17) is 11.6 Å². The van der Waals surface area contributed by atoms with Crippen LogP contribution >= 0.6 is 11.6 Å². The predicted molar refractivity (Wildman–Crippen MR) is 123 cm³/mol. The Hall–Kier alpha value is -3.02. The quantitative estimate of drug-likeness (QED) is 0.427. The van der Waals surface area contributed by atoms with E-state index >= 15 is 0 Å². The lowest BCUT2D eigenvalue weighted by atomic mass is 9.98. The van der Waals surface area contributed by atoms with Gasteiger partial charge in [-0.05, 0) is 59.5 Å². The number of nitrogens with zero attached hydrogens (tertiary/aromatic N) is 1. The number of carbonyl (C=O) groups is 1. The number of fused-ring (bicyclic) bond motifs is 1. The predicted octanol–water partition coefficient (Wildman–Crippen LogP) is 5.57. The van der Waals surface area contributed by atoms with E-state index in [0.717, 1.165) is 18.2 Å². The number of hydrogen-bond donors (Lipinski definition) is 1. The lowest BCUT2D eigenvalue weighted by molar-refractivity contribution is -0.140. The number of hydrogen-bond acceptors (Lipinski definition) is 3. The van der Waals surface area contributed by atoms with E-state index in [1.165, 1.54) is 22.5 Å². The van der Waals surface area contributed by atoms with Crippen LogP contribution in [0, 0.1) is 11.6 Å². The zero-order valence-electron chi connectivity index (χ0n) is 18.4. The minimum absolute atomic E-state index is 0.0336. The van der Waals surface area contributed by atoms with Crippen LogP contribution in [0.3, 0.4) is 0 Å². The second kappa shape index (κ2) is 9.79. The average molecular weight is 545 g/mol. The van der Waals surface area contributed by atoms with Gasteiger partial charge in [0.05, 0.1) is 27.6 Å². The van der Waals surface area contributed by atoms with Gasteiger partial charge >= 0.3 is 6.18 Å². The van der Waals surface area contributed by atoms with Crippen LogP contribution < -0.4 is 5.32 Å². The Morgan fingerprint density at radius 1 is 1.06 bits per heavy atom. The molecule has 0 unspecified atom stereocenters. The first-order valence-electron chi connectivity index (χ1n) is 10.6. The Bertz CT molecular complexity index is 1440. The van der Waals surface area contributed by atoms with Crippen molar-refractivity contribution in [2.75, 3.05) is 11.9 Å². The van der Waals surface area contributed by atoms with Crippen LogP contribution in [0.2, 0.25) is 5.02 Å². The van der Waals surface area contributed by atoms with Gasteiger partial charge in [-0.25, -0.2) is 17.2 Å². The zero-order chi connectivity index (χ0) is 26.3. The summed E-state index contributed by atoms with van der Waals surface area (Å²) in [6, 6.07) is 10.0. The molecular weight excluding hydrogens is 527 g/mol. The highest BCUT2D eigenvalue weighted by atomic mass is 35.5. The van der Waals surface area contributed by atoms with Crippen molar-refractivity contribution < 1.29 is 35.2 Å². The number of nitrogens with one attached hydrogen (secondary N) is 1. The lowest BCUT2D eigenvalue weighted by Crippen LogP contribution is -2.36. The van der Waals surface area contributed by atoms with Gasteiger partial charge in [-0.2, -0.15) is 17.5 Å². The average Bonchev–Trinajstić information content (AvgIpc) is 2.80. The first-order chi connectivity index (χ1) is 16.9. The molecule has 1 amide bonds. The molecule has 36 heavy (non-hydrogen) atoms. The fraction of sp³-hybridized carbons (Fsp3) is 0.208. The fourth-order valence-electron chi connectivity index (χ4n) is 3.99. The molecular formula is C24H18ClF5N2O3S. The molecule has 0 aromatic heterocycles. The van der Waals surface area contributed by atoms with Crippen molar-refractivity contribution in [3.63, 3.8) is 0 Å². The normalized spacial score (nSPS) is 14.4. The maximum absolute atomic E-state index is 13.8. The molecule has 0 bridgehead atoms. The lowest BCUT2D eigenvalue weighted by Gasteiger charge is -2.30. The number of sulfonamides is 1. The van der Waals surface area contributed by atoms with Crippen LogP contribution in [0.5, 0.6) is 0 Å². The van der Waals surface area contributed by atoms with Gasteiger partial charge in [-0.1, -0.05) is 29.8 Å². The second-order valence-electron chi connectivity index (χ2n) is 8.14. The number of benzene rings is 3. The number of alkyl halides is 3. The van der Waals surface area contributed by atoms with Gasteiger partial charge in [0, 0.05) is 13.1 Å². The Morgan fingerprint density at radius 3 is 2.47 bits per heavy atom. The van der Waals surface area contributed by atoms with Gasteiger partial charge in [-0.3, -0.25) is 4.79 Å². The van der Waals surface area contributed by atoms with Gasteiger partial charge in [-0.15, -0.1) is 0 Å². The van der Waals surface area contributed by atoms with E-state index in [9.17, 15) is 35.2 Å². The van der Waals surface area contributed by atoms with Gasteiger partial charge in [0.2, 0.25) is 15.9 Å². The Balaban J connectivity index is 1.53. The van der Waals surface area contributed by atoms with E-state index < -0.39 is 45.7 Å². The minimum atomic E-state index is -4.85. The van der Waals surface area contributed by atoms with Crippen LogP contribution in [0.25, 0.3) is 0 Å². The van der Waals surface area contributed by atoms with Crippen molar-refractivity contribution in [1.29, 1.82) is 0 Å². The molecule has 3 aromatic carbocycles. The number of anilines is 1. The van der Waals surface area contributed by atoms with Crippen molar-refractivity contribution in [1.82, 2.24) is 4.31 Å². The van der Waals surface area contributed by atoms with E-state index in [1.54, 1.807) is 6.07 Å². The van der Waals surface area contributed by atoms with Crippen molar-refractivity contribution >= 4 is 33.2 Å². The van der Waals surface area contributed by atoms with Crippen molar-refractivity contribution in [3.05, 3.63) is 93.5 Å². The van der Waals surface area contributed by atoms with E-state index in [0.29, 0.717) is 23.3 Å². The Morgan fingerprint density at radius 2 is 1.81 bits per heavy atom. The molecule has 0 saturated carbocycles. The van der Waals surface area contributed by atoms with Gasteiger partial charge in [0.25, 0.3) is 0 Å².